The lowest BCUT2D eigenvalue weighted by Crippen LogP contribution is -2.49. The molecule has 2 rings (SSSR count). The van der Waals surface area contributed by atoms with Crippen LogP contribution in [0.3, 0.4) is 0 Å². The number of amides is 1. The summed E-state index contributed by atoms with van der Waals surface area (Å²) in [5.41, 5.74) is 0.264. The van der Waals surface area contributed by atoms with Gasteiger partial charge in [-0.15, -0.1) is 0 Å². The second-order valence-electron chi connectivity index (χ2n) is 6.87. The largest absolute Gasteiger partial charge is 0.495 e. The van der Waals surface area contributed by atoms with E-state index in [0.717, 1.165) is 16.3 Å². The fourth-order valence-corrected chi connectivity index (χ4v) is 6.04. The lowest BCUT2D eigenvalue weighted by Gasteiger charge is -2.31. The van der Waals surface area contributed by atoms with Crippen molar-refractivity contribution in [1.29, 1.82) is 0 Å². The average Bonchev–Trinajstić information content (AvgIpc) is 3.15. The fourth-order valence-electron chi connectivity index (χ4n) is 3.44. The van der Waals surface area contributed by atoms with E-state index in [0.29, 0.717) is 29.0 Å². The highest BCUT2D eigenvalue weighted by molar-refractivity contribution is 7.99. The number of nitrogens with zero attached hydrogens (tertiary/aromatic N) is 1. The Kier molecular flexibility index (Phi) is 8.77. The number of anilines is 1. The summed E-state index contributed by atoms with van der Waals surface area (Å²) >= 11 is 7.96. The van der Waals surface area contributed by atoms with Crippen LogP contribution in [0, 0.1) is 0 Å². The molecule has 28 heavy (non-hydrogen) atoms. The van der Waals surface area contributed by atoms with Crippen LogP contribution in [0.2, 0.25) is 5.02 Å². The topological polar surface area (TPSA) is 75.7 Å². The standard InChI is InChI=1S/C19H29ClN2O4S2/c1-4-16(19(23)21-11-12-27-15-7-5-6-8-15)22(28(3,24)25)17-13-14(20)9-10-18(17)26-2/h9-10,13,15-16H,4-8,11-12H2,1-3H3,(H,21,23). The number of hydrogen-bond donors (Lipinski definition) is 1. The summed E-state index contributed by atoms with van der Waals surface area (Å²) in [6.45, 7) is 2.30. The molecule has 1 aliphatic rings. The van der Waals surface area contributed by atoms with Gasteiger partial charge in [-0.05, 0) is 37.5 Å². The molecule has 0 radical (unpaired) electrons. The molecule has 0 spiro atoms. The molecule has 1 fully saturated rings. The molecule has 9 heteroatoms. The number of hydrogen-bond acceptors (Lipinski definition) is 5. The number of carbonyl (C=O) groups is 1. The van der Waals surface area contributed by atoms with Crippen LogP contribution in [0.25, 0.3) is 0 Å². The van der Waals surface area contributed by atoms with E-state index in [4.69, 9.17) is 16.3 Å². The Morgan fingerprint density at radius 3 is 2.64 bits per heavy atom. The molecule has 1 amide bonds. The van der Waals surface area contributed by atoms with E-state index in [-0.39, 0.29) is 11.6 Å². The molecule has 0 bridgehead atoms. The smallest absolute Gasteiger partial charge is 0.243 e. The van der Waals surface area contributed by atoms with Crippen LogP contribution in [-0.4, -0.2) is 51.3 Å². The SMILES string of the molecule is CCC(C(=O)NCCSC1CCCC1)N(c1cc(Cl)ccc1OC)S(C)(=O)=O. The molecular weight excluding hydrogens is 420 g/mol. The molecule has 6 nitrogen and oxygen atoms in total. The second-order valence-corrected chi connectivity index (χ2v) is 10.6. The van der Waals surface area contributed by atoms with Crippen LogP contribution in [0.15, 0.2) is 18.2 Å². The Morgan fingerprint density at radius 1 is 1.39 bits per heavy atom. The molecule has 0 saturated heterocycles. The van der Waals surface area contributed by atoms with Crippen LogP contribution in [-0.2, 0) is 14.8 Å². The monoisotopic (exact) mass is 448 g/mol. The Hall–Kier alpha value is -1.12. The quantitative estimate of drug-likeness (QED) is 0.552. The number of rotatable bonds is 10. The van der Waals surface area contributed by atoms with Gasteiger partial charge in [0.25, 0.3) is 0 Å². The van der Waals surface area contributed by atoms with Crippen molar-refractivity contribution < 1.29 is 17.9 Å². The zero-order valence-electron chi connectivity index (χ0n) is 16.6. The predicted molar refractivity (Wildman–Crippen MR) is 117 cm³/mol. The third-order valence-corrected chi connectivity index (χ3v) is 7.55. The first-order valence-corrected chi connectivity index (χ1v) is 12.8. The first-order valence-electron chi connectivity index (χ1n) is 9.50. The normalized spacial score (nSPS) is 16.0. The lowest BCUT2D eigenvalue weighted by atomic mass is 10.2. The van der Waals surface area contributed by atoms with Gasteiger partial charge in [0.1, 0.15) is 11.8 Å². The number of benzene rings is 1. The number of thioether (sulfide) groups is 1. The van der Waals surface area contributed by atoms with Crippen LogP contribution in [0.1, 0.15) is 39.0 Å². The lowest BCUT2D eigenvalue weighted by molar-refractivity contribution is -0.122. The van der Waals surface area contributed by atoms with Gasteiger partial charge in [-0.25, -0.2) is 8.42 Å². The van der Waals surface area contributed by atoms with Crippen LogP contribution in [0.5, 0.6) is 5.75 Å². The van der Waals surface area contributed by atoms with Crippen molar-refractivity contribution in [2.75, 3.05) is 30.0 Å². The van der Waals surface area contributed by atoms with Crippen molar-refractivity contribution in [3.05, 3.63) is 23.2 Å². The van der Waals surface area contributed by atoms with E-state index in [2.05, 4.69) is 5.32 Å². The molecule has 1 aliphatic carbocycles. The molecule has 1 saturated carbocycles. The number of sulfonamides is 1. The van der Waals surface area contributed by atoms with E-state index in [9.17, 15) is 13.2 Å². The summed E-state index contributed by atoms with van der Waals surface area (Å²) in [6.07, 6.45) is 6.46. The van der Waals surface area contributed by atoms with Crippen molar-refractivity contribution in [2.45, 2.75) is 50.3 Å². The maximum atomic E-state index is 12.8. The predicted octanol–water partition coefficient (Wildman–Crippen LogP) is 3.69. The molecular formula is C19H29ClN2O4S2. The third kappa shape index (κ3) is 6.19. The minimum atomic E-state index is -3.74. The molecule has 0 aromatic heterocycles. The van der Waals surface area contributed by atoms with Gasteiger partial charge in [0.2, 0.25) is 15.9 Å². The highest BCUT2D eigenvalue weighted by Crippen LogP contribution is 2.35. The number of nitrogens with one attached hydrogen (secondary N) is 1. The van der Waals surface area contributed by atoms with Gasteiger partial charge in [0.15, 0.2) is 0 Å². The molecule has 0 heterocycles. The van der Waals surface area contributed by atoms with Gasteiger partial charge >= 0.3 is 0 Å². The van der Waals surface area contributed by atoms with E-state index in [1.807, 2.05) is 11.8 Å². The third-order valence-electron chi connectivity index (χ3n) is 4.77. The molecule has 158 valence electrons. The summed E-state index contributed by atoms with van der Waals surface area (Å²) in [5, 5.41) is 3.94. The molecule has 1 aromatic carbocycles. The van der Waals surface area contributed by atoms with Crippen molar-refractivity contribution in [3.63, 3.8) is 0 Å². The molecule has 0 aliphatic heterocycles. The van der Waals surface area contributed by atoms with Gasteiger partial charge in [0.05, 0.1) is 19.1 Å². The van der Waals surface area contributed by atoms with E-state index in [1.165, 1.54) is 38.9 Å². The second kappa shape index (κ2) is 10.6. The summed E-state index contributed by atoms with van der Waals surface area (Å²) < 4.78 is 31.5. The van der Waals surface area contributed by atoms with Crippen molar-refractivity contribution in [2.24, 2.45) is 0 Å². The zero-order valence-corrected chi connectivity index (χ0v) is 19.0. The maximum Gasteiger partial charge on any atom is 0.243 e. The van der Waals surface area contributed by atoms with Gasteiger partial charge < -0.3 is 10.1 Å². The minimum Gasteiger partial charge on any atom is -0.495 e. The van der Waals surface area contributed by atoms with Gasteiger partial charge in [0, 0.05) is 22.6 Å². The van der Waals surface area contributed by atoms with E-state index in [1.54, 1.807) is 19.1 Å². The van der Waals surface area contributed by atoms with Crippen molar-refractivity contribution >= 4 is 45.0 Å². The Morgan fingerprint density at radius 2 is 2.07 bits per heavy atom. The Labute approximate surface area is 177 Å². The van der Waals surface area contributed by atoms with Crippen molar-refractivity contribution in [3.8, 4) is 5.75 Å². The summed E-state index contributed by atoms with van der Waals surface area (Å²) in [5.74, 6) is 0.853. The fraction of sp³-hybridized carbons (Fsp3) is 0.632. The minimum absolute atomic E-state index is 0.264. The van der Waals surface area contributed by atoms with Crippen LogP contribution < -0.4 is 14.4 Å². The van der Waals surface area contributed by atoms with Crippen molar-refractivity contribution in [1.82, 2.24) is 5.32 Å². The Balaban J connectivity index is 2.14. The van der Waals surface area contributed by atoms with Gasteiger partial charge in [-0.1, -0.05) is 31.4 Å². The highest BCUT2D eigenvalue weighted by Gasteiger charge is 2.33. The van der Waals surface area contributed by atoms with Gasteiger partial charge in [-0.3, -0.25) is 9.10 Å². The first kappa shape index (κ1) is 23.2. The molecule has 1 aromatic rings. The maximum absolute atomic E-state index is 12.8. The van der Waals surface area contributed by atoms with E-state index < -0.39 is 16.1 Å². The first-order chi connectivity index (χ1) is 13.3. The molecule has 1 unspecified atom stereocenters. The number of carbonyl (C=O) groups excluding carboxylic acids is 1. The highest BCUT2D eigenvalue weighted by atomic mass is 35.5. The van der Waals surface area contributed by atoms with Crippen LogP contribution in [0.4, 0.5) is 5.69 Å². The number of ether oxygens (including phenoxy) is 1. The summed E-state index contributed by atoms with van der Waals surface area (Å²) in [4.78, 5) is 12.8. The number of methoxy groups -OCH3 is 1. The number of halogens is 1. The summed E-state index contributed by atoms with van der Waals surface area (Å²) in [6, 6.07) is 3.84. The van der Waals surface area contributed by atoms with Crippen LogP contribution >= 0.6 is 23.4 Å². The summed E-state index contributed by atoms with van der Waals surface area (Å²) in [7, 11) is -2.29. The van der Waals surface area contributed by atoms with Gasteiger partial charge in [-0.2, -0.15) is 11.8 Å². The molecule has 1 N–H and O–H groups in total. The Bertz CT molecular complexity index is 767. The van der Waals surface area contributed by atoms with E-state index >= 15 is 0 Å². The zero-order chi connectivity index (χ0) is 20.7. The molecule has 1 atom stereocenters. The average molecular weight is 449 g/mol.